The number of aliphatic hydroxyl groups excluding tert-OH is 1. The Balaban J connectivity index is 2.22. The summed E-state index contributed by atoms with van der Waals surface area (Å²) >= 11 is 0. The monoisotopic (exact) mass is 287 g/mol. The Labute approximate surface area is 125 Å². The molecule has 2 rings (SSSR count). The zero-order valence-corrected chi connectivity index (χ0v) is 12.4. The number of carbonyl (C=O) groups is 1. The van der Waals surface area contributed by atoms with Crippen LogP contribution in [0.15, 0.2) is 18.2 Å². The zero-order chi connectivity index (χ0) is 15.1. The second kappa shape index (κ2) is 7.70. The Morgan fingerprint density at radius 2 is 2.10 bits per heavy atom. The van der Waals surface area contributed by atoms with E-state index in [0.717, 1.165) is 25.9 Å². The molecule has 0 aliphatic carbocycles. The average Bonchev–Trinajstić information content (AvgIpc) is 2.55. The number of piperidine rings is 1. The molecule has 0 saturated carbocycles. The van der Waals surface area contributed by atoms with E-state index in [2.05, 4.69) is 11.8 Å². The van der Waals surface area contributed by atoms with E-state index in [1.807, 2.05) is 4.90 Å². The van der Waals surface area contributed by atoms with E-state index in [0.29, 0.717) is 23.3 Å². The Kier molecular flexibility index (Phi) is 5.65. The summed E-state index contributed by atoms with van der Waals surface area (Å²) in [5, 5.41) is 8.79. The summed E-state index contributed by atoms with van der Waals surface area (Å²) in [6.45, 7) is 1.69. The lowest BCUT2D eigenvalue weighted by Crippen LogP contribution is -2.35. The van der Waals surface area contributed by atoms with Crippen molar-refractivity contribution >= 4 is 5.91 Å². The van der Waals surface area contributed by atoms with E-state index in [1.165, 1.54) is 6.42 Å². The summed E-state index contributed by atoms with van der Waals surface area (Å²) in [6, 6.07) is 5.34. The number of likely N-dealkylation sites (tertiary alicyclic amines) is 1. The molecule has 1 saturated heterocycles. The predicted octanol–water partition coefficient (Wildman–Crippen LogP) is 2.06. The van der Waals surface area contributed by atoms with Crippen molar-refractivity contribution in [3.05, 3.63) is 29.3 Å². The average molecular weight is 287 g/mol. The molecular formula is C17H21NO3. The smallest absolute Gasteiger partial charge is 0.253 e. The SMILES string of the molecule is COc1ccc(C(=O)N2CCCCC2)cc1C#CCCO. The van der Waals surface area contributed by atoms with Gasteiger partial charge in [0.25, 0.3) is 5.91 Å². The molecule has 1 heterocycles. The topological polar surface area (TPSA) is 49.8 Å². The fourth-order valence-corrected chi connectivity index (χ4v) is 2.43. The highest BCUT2D eigenvalue weighted by Gasteiger charge is 2.18. The summed E-state index contributed by atoms with van der Waals surface area (Å²) in [4.78, 5) is 14.4. The van der Waals surface area contributed by atoms with Gasteiger partial charge in [0.1, 0.15) is 5.75 Å². The van der Waals surface area contributed by atoms with Gasteiger partial charge in [-0.3, -0.25) is 4.79 Å². The minimum atomic E-state index is 0.0295. The van der Waals surface area contributed by atoms with E-state index >= 15 is 0 Å². The van der Waals surface area contributed by atoms with Crippen LogP contribution in [0, 0.1) is 11.8 Å². The number of hydrogen-bond donors (Lipinski definition) is 1. The fourth-order valence-electron chi connectivity index (χ4n) is 2.43. The van der Waals surface area contributed by atoms with Gasteiger partial charge in [-0.15, -0.1) is 0 Å². The van der Waals surface area contributed by atoms with E-state index in [4.69, 9.17) is 9.84 Å². The van der Waals surface area contributed by atoms with Crippen LogP contribution in [0.3, 0.4) is 0 Å². The first-order valence-corrected chi connectivity index (χ1v) is 7.33. The van der Waals surface area contributed by atoms with Crippen LogP contribution in [0.4, 0.5) is 0 Å². The number of methoxy groups -OCH3 is 1. The molecule has 0 unspecified atom stereocenters. The van der Waals surface area contributed by atoms with Crippen molar-refractivity contribution in [2.45, 2.75) is 25.7 Å². The summed E-state index contributed by atoms with van der Waals surface area (Å²) in [7, 11) is 1.58. The van der Waals surface area contributed by atoms with Crippen LogP contribution in [-0.4, -0.2) is 42.7 Å². The van der Waals surface area contributed by atoms with E-state index in [9.17, 15) is 4.79 Å². The molecule has 0 aromatic heterocycles. The second-order valence-corrected chi connectivity index (χ2v) is 5.04. The van der Waals surface area contributed by atoms with Crippen molar-refractivity contribution in [3.8, 4) is 17.6 Å². The van der Waals surface area contributed by atoms with Crippen LogP contribution < -0.4 is 4.74 Å². The van der Waals surface area contributed by atoms with Gasteiger partial charge in [0, 0.05) is 25.1 Å². The van der Waals surface area contributed by atoms with Crippen molar-refractivity contribution in [1.29, 1.82) is 0 Å². The number of carbonyl (C=O) groups excluding carboxylic acids is 1. The minimum Gasteiger partial charge on any atom is -0.495 e. The maximum Gasteiger partial charge on any atom is 0.253 e. The van der Waals surface area contributed by atoms with Crippen molar-refractivity contribution in [1.82, 2.24) is 4.90 Å². The number of amides is 1. The Morgan fingerprint density at radius 3 is 2.76 bits per heavy atom. The van der Waals surface area contributed by atoms with Crippen LogP contribution >= 0.6 is 0 Å². The number of ether oxygens (including phenoxy) is 1. The molecule has 1 aliphatic heterocycles. The highest BCUT2D eigenvalue weighted by molar-refractivity contribution is 5.95. The first kappa shape index (κ1) is 15.4. The van der Waals surface area contributed by atoms with Gasteiger partial charge in [0.05, 0.1) is 19.3 Å². The number of hydrogen-bond acceptors (Lipinski definition) is 3. The second-order valence-electron chi connectivity index (χ2n) is 5.04. The summed E-state index contributed by atoms with van der Waals surface area (Å²) in [5.74, 6) is 6.53. The summed E-state index contributed by atoms with van der Waals surface area (Å²) < 4.78 is 5.27. The lowest BCUT2D eigenvalue weighted by Gasteiger charge is -2.26. The van der Waals surface area contributed by atoms with Crippen LogP contribution in [0.2, 0.25) is 0 Å². The minimum absolute atomic E-state index is 0.0295. The lowest BCUT2D eigenvalue weighted by atomic mass is 10.1. The molecular weight excluding hydrogens is 266 g/mol. The number of benzene rings is 1. The summed E-state index contributed by atoms with van der Waals surface area (Å²) in [6.07, 6.45) is 3.76. The molecule has 1 aliphatic rings. The maximum atomic E-state index is 12.5. The lowest BCUT2D eigenvalue weighted by molar-refractivity contribution is 0.0724. The zero-order valence-electron chi connectivity index (χ0n) is 12.4. The Hall–Kier alpha value is -1.99. The first-order chi connectivity index (χ1) is 10.3. The van der Waals surface area contributed by atoms with Crippen LogP contribution in [0.5, 0.6) is 5.75 Å². The molecule has 0 atom stereocenters. The van der Waals surface area contributed by atoms with Gasteiger partial charge in [-0.1, -0.05) is 11.8 Å². The Bertz CT molecular complexity index is 551. The van der Waals surface area contributed by atoms with Gasteiger partial charge in [0.15, 0.2) is 0 Å². The van der Waals surface area contributed by atoms with E-state index in [-0.39, 0.29) is 12.5 Å². The quantitative estimate of drug-likeness (QED) is 0.866. The normalized spacial score (nSPS) is 14.3. The number of nitrogens with zero attached hydrogens (tertiary/aromatic N) is 1. The van der Waals surface area contributed by atoms with Gasteiger partial charge in [-0.05, 0) is 37.5 Å². The molecule has 0 radical (unpaired) electrons. The maximum absolute atomic E-state index is 12.5. The Morgan fingerprint density at radius 1 is 1.33 bits per heavy atom. The van der Waals surface area contributed by atoms with Crippen molar-refractivity contribution in [2.24, 2.45) is 0 Å². The molecule has 4 nitrogen and oxygen atoms in total. The largest absolute Gasteiger partial charge is 0.495 e. The molecule has 1 amide bonds. The van der Waals surface area contributed by atoms with Crippen LogP contribution in [0.25, 0.3) is 0 Å². The predicted molar refractivity (Wildman–Crippen MR) is 81.3 cm³/mol. The third-order valence-electron chi connectivity index (χ3n) is 3.55. The molecule has 0 bridgehead atoms. The molecule has 0 spiro atoms. The third-order valence-corrected chi connectivity index (χ3v) is 3.55. The fraction of sp³-hybridized carbons (Fsp3) is 0.471. The highest BCUT2D eigenvalue weighted by Crippen LogP contribution is 2.21. The van der Waals surface area contributed by atoms with Gasteiger partial charge in [-0.2, -0.15) is 0 Å². The van der Waals surface area contributed by atoms with Crippen molar-refractivity contribution in [2.75, 3.05) is 26.8 Å². The molecule has 1 aromatic carbocycles. The summed E-state index contributed by atoms with van der Waals surface area (Å²) in [5.41, 5.74) is 1.33. The van der Waals surface area contributed by atoms with Crippen LogP contribution in [-0.2, 0) is 0 Å². The number of aliphatic hydroxyl groups is 1. The molecule has 21 heavy (non-hydrogen) atoms. The molecule has 1 fully saturated rings. The standard InChI is InChI=1S/C17H21NO3/c1-21-16-9-8-15(13-14(16)7-3-6-12-19)17(20)18-10-4-2-5-11-18/h8-9,13,19H,2,4-6,10-12H2,1H3. The van der Waals surface area contributed by atoms with Gasteiger partial charge in [-0.25, -0.2) is 0 Å². The van der Waals surface area contributed by atoms with E-state index in [1.54, 1.807) is 25.3 Å². The van der Waals surface area contributed by atoms with Crippen molar-refractivity contribution in [3.63, 3.8) is 0 Å². The molecule has 1 N–H and O–H groups in total. The third kappa shape index (κ3) is 3.99. The van der Waals surface area contributed by atoms with Gasteiger partial charge < -0.3 is 14.7 Å². The van der Waals surface area contributed by atoms with E-state index < -0.39 is 0 Å². The molecule has 1 aromatic rings. The molecule has 112 valence electrons. The van der Waals surface area contributed by atoms with Gasteiger partial charge >= 0.3 is 0 Å². The first-order valence-electron chi connectivity index (χ1n) is 7.33. The molecule has 4 heteroatoms. The van der Waals surface area contributed by atoms with Gasteiger partial charge in [0.2, 0.25) is 0 Å². The highest BCUT2D eigenvalue weighted by atomic mass is 16.5. The van der Waals surface area contributed by atoms with Crippen LogP contribution in [0.1, 0.15) is 41.6 Å². The van der Waals surface area contributed by atoms with Crippen molar-refractivity contribution < 1.29 is 14.6 Å². The number of rotatable bonds is 3.